The highest BCUT2D eigenvalue weighted by atomic mass is 16.2. The average molecular weight is 461 g/mol. The molecule has 2 aromatic carbocycles. The third-order valence-corrected chi connectivity index (χ3v) is 6.22. The lowest BCUT2D eigenvalue weighted by Crippen LogP contribution is -2.39. The summed E-state index contributed by atoms with van der Waals surface area (Å²) in [5, 5.41) is 4.15. The molecule has 3 aromatic rings. The van der Waals surface area contributed by atoms with E-state index in [0.29, 0.717) is 48.1 Å². The standard InChI is InChI=1S/C27H32N4O3/c1-2-16-29-31-23(19-30-18-9-15-24(30)32)25(21-13-6-7-14-22(21)27(31)34)26(33)28-17-8-12-20-10-4-3-5-11-20/h3-7,10-11,13-14,29H,2,8-9,12,15-19H2,1H3,(H,28,33). The predicted molar refractivity (Wildman–Crippen MR) is 134 cm³/mol. The minimum absolute atomic E-state index is 0.0527. The van der Waals surface area contributed by atoms with Gasteiger partial charge >= 0.3 is 0 Å². The molecule has 7 nitrogen and oxygen atoms in total. The van der Waals surface area contributed by atoms with Crippen molar-refractivity contribution in [3.05, 3.63) is 81.8 Å². The topological polar surface area (TPSA) is 83.4 Å². The fourth-order valence-electron chi connectivity index (χ4n) is 4.47. The monoisotopic (exact) mass is 460 g/mol. The Hall–Kier alpha value is -3.61. The van der Waals surface area contributed by atoms with E-state index in [1.807, 2.05) is 37.3 Å². The predicted octanol–water partition coefficient (Wildman–Crippen LogP) is 3.44. The third-order valence-electron chi connectivity index (χ3n) is 6.22. The van der Waals surface area contributed by atoms with E-state index in [2.05, 4.69) is 22.9 Å². The van der Waals surface area contributed by atoms with Gasteiger partial charge in [0.1, 0.15) is 0 Å². The lowest BCUT2D eigenvalue weighted by atomic mass is 10.0. The third kappa shape index (κ3) is 5.14. The number of aryl methyl sites for hydroxylation is 1. The molecule has 2 amide bonds. The van der Waals surface area contributed by atoms with Crippen LogP contribution in [0.25, 0.3) is 10.8 Å². The van der Waals surface area contributed by atoms with Gasteiger partial charge in [-0.15, -0.1) is 0 Å². The van der Waals surface area contributed by atoms with Gasteiger partial charge < -0.3 is 15.6 Å². The van der Waals surface area contributed by atoms with Crippen molar-refractivity contribution in [2.45, 2.75) is 45.6 Å². The molecule has 0 aliphatic carbocycles. The number of aromatic nitrogens is 1. The molecule has 2 N–H and O–H groups in total. The molecule has 0 radical (unpaired) electrons. The van der Waals surface area contributed by atoms with Crippen molar-refractivity contribution in [3.8, 4) is 0 Å². The second-order valence-corrected chi connectivity index (χ2v) is 8.68. The number of fused-ring (bicyclic) bond motifs is 1. The number of carbonyl (C=O) groups excluding carboxylic acids is 2. The number of nitrogens with one attached hydrogen (secondary N) is 2. The number of carbonyl (C=O) groups is 2. The molecule has 1 aliphatic heterocycles. The van der Waals surface area contributed by atoms with Crippen LogP contribution in [0.1, 0.15) is 54.2 Å². The van der Waals surface area contributed by atoms with Crippen molar-refractivity contribution < 1.29 is 9.59 Å². The molecule has 0 bridgehead atoms. The van der Waals surface area contributed by atoms with Crippen molar-refractivity contribution in [1.29, 1.82) is 0 Å². The molecule has 0 atom stereocenters. The number of nitrogens with zero attached hydrogens (tertiary/aromatic N) is 2. The summed E-state index contributed by atoms with van der Waals surface area (Å²) in [6.07, 6.45) is 3.79. The smallest absolute Gasteiger partial charge is 0.277 e. The Kier molecular flexibility index (Phi) is 7.62. The summed E-state index contributed by atoms with van der Waals surface area (Å²) in [6, 6.07) is 17.4. The average Bonchev–Trinajstić information content (AvgIpc) is 3.26. The summed E-state index contributed by atoms with van der Waals surface area (Å²) in [5.41, 5.74) is 5.20. The van der Waals surface area contributed by atoms with Gasteiger partial charge in [-0.1, -0.05) is 55.5 Å². The number of likely N-dealkylation sites (tertiary alicyclic amines) is 1. The second kappa shape index (κ2) is 11.0. The zero-order valence-corrected chi connectivity index (χ0v) is 19.7. The molecule has 1 aromatic heterocycles. The highest BCUT2D eigenvalue weighted by Gasteiger charge is 2.27. The Balaban J connectivity index is 1.68. The summed E-state index contributed by atoms with van der Waals surface area (Å²) in [4.78, 5) is 41.0. The number of hydrogen-bond acceptors (Lipinski definition) is 4. The number of rotatable bonds is 10. The van der Waals surface area contributed by atoms with Gasteiger partial charge in [0.2, 0.25) is 5.91 Å². The number of hydrogen-bond donors (Lipinski definition) is 2. The second-order valence-electron chi connectivity index (χ2n) is 8.68. The summed E-state index contributed by atoms with van der Waals surface area (Å²) in [5.74, 6) is -0.171. The lowest BCUT2D eigenvalue weighted by molar-refractivity contribution is -0.128. The fraction of sp³-hybridized carbons (Fsp3) is 0.370. The van der Waals surface area contributed by atoms with E-state index in [-0.39, 0.29) is 23.9 Å². The van der Waals surface area contributed by atoms with Crippen LogP contribution < -0.4 is 16.3 Å². The number of benzene rings is 2. The maximum atomic E-state index is 13.5. The maximum absolute atomic E-state index is 13.5. The molecular formula is C27H32N4O3. The van der Waals surface area contributed by atoms with Gasteiger partial charge in [0.25, 0.3) is 11.5 Å². The Labute approximate surface area is 199 Å². The van der Waals surface area contributed by atoms with Gasteiger partial charge in [0, 0.05) is 36.8 Å². The highest BCUT2D eigenvalue weighted by Crippen LogP contribution is 2.23. The first kappa shape index (κ1) is 23.5. The molecule has 7 heteroatoms. The van der Waals surface area contributed by atoms with Crippen molar-refractivity contribution >= 4 is 22.6 Å². The van der Waals surface area contributed by atoms with Crippen molar-refractivity contribution in [1.82, 2.24) is 14.9 Å². The van der Waals surface area contributed by atoms with Gasteiger partial charge in [-0.3, -0.25) is 14.4 Å². The normalized spacial score (nSPS) is 13.4. The Morgan fingerprint density at radius 2 is 1.71 bits per heavy atom. The summed E-state index contributed by atoms with van der Waals surface area (Å²) < 4.78 is 1.48. The van der Waals surface area contributed by atoms with Gasteiger partial charge in [-0.05, 0) is 37.3 Å². The fourth-order valence-corrected chi connectivity index (χ4v) is 4.47. The van der Waals surface area contributed by atoms with Crippen LogP contribution in [0.5, 0.6) is 0 Å². The minimum atomic E-state index is -0.224. The number of pyridine rings is 1. The quantitative estimate of drug-likeness (QED) is 0.454. The molecule has 4 rings (SSSR count). The molecule has 34 heavy (non-hydrogen) atoms. The van der Waals surface area contributed by atoms with Crippen LogP contribution in [0.4, 0.5) is 0 Å². The van der Waals surface area contributed by atoms with E-state index >= 15 is 0 Å². The zero-order chi connectivity index (χ0) is 23.9. The van der Waals surface area contributed by atoms with E-state index in [4.69, 9.17) is 0 Å². The molecule has 0 spiro atoms. The first-order chi connectivity index (χ1) is 16.6. The zero-order valence-electron chi connectivity index (χ0n) is 19.7. The van der Waals surface area contributed by atoms with Crippen LogP contribution in [0.15, 0.2) is 59.4 Å². The van der Waals surface area contributed by atoms with Gasteiger partial charge in [-0.25, -0.2) is 4.68 Å². The Morgan fingerprint density at radius 1 is 0.971 bits per heavy atom. The van der Waals surface area contributed by atoms with Gasteiger partial charge in [-0.2, -0.15) is 0 Å². The number of amides is 2. The molecule has 178 valence electrons. The molecule has 1 aliphatic rings. The molecular weight excluding hydrogens is 428 g/mol. The van der Waals surface area contributed by atoms with E-state index in [1.165, 1.54) is 10.2 Å². The highest BCUT2D eigenvalue weighted by molar-refractivity contribution is 6.07. The minimum Gasteiger partial charge on any atom is -0.352 e. The SMILES string of the molecule is CCCNn1c(CN2CCCC2=O)c(C(=O)NCCCc2ccccc2)c2ccccc2c1=O. The van der Waals surface area contributed by atoms with Crippen LogP contribution in [0.3, 0.4) is 0 Å². The largest absolute Gasteiger partial charge is 0.352 e. The Morgan fingerprint density at radius 3 is 2.41 bits per heavy atom. The van der Waals surface area contributed by atoms with Crippen LogP contribution in [0.2, 0.25) is 0 Å². The molecule has 1 saturated heterocycles. The van der Waals surface area contributed by atoms with E-state index in [1.54, 1.807) is 17.0 Å². The van der Waals surface area contributed by atoms with Crippen LogP contribution in [-0.2, 0) is 17.8 Å². The van der Waals surface area contributed by atoms with Crippen molar-refractivity contribution in [2.24, 2.45) is 0 Å². The van der Waals surface area contributed by atoms with Gasteiger partial charge in [0.15, 0.2) is 0 Å². The first-order valence-corrected chi connectivity index (χ1v) is 12.1. The summed E-state index contributed by atoms with van der Waals surface area (Å²) in [6.45, 7) is 3.97. The molecule has 0 saturated carbocycles. The van der Waals surface area contributed by atoms with E-state index in [0.717, 1.165) is 25.7 Å². The summed E-state index contributed by atoms with van der Waals surface area (Å²) in [7, 11) is 0. The van der Waals surface area contributed by atoms with E-state index in [9.17, 15) is 14.4 Å². The maximum Gasteiger partial charge on any atom is 0.277 e. The van der Waals surface area contributed by atoms with Crippen molar-refractivity contribution in [3.63, 3.8) is 0 Å². The molecule has 2 heterocycles. The van der Waals surface area contributed by atoms with E-state index < -0.39 is 0 Å². The van der Waals surface area contributed by atoms with Crippen molar-refractivity contribution in [2.75, 3.05) is 25.1 Å². The van der Waals surface area contributed by atoms with Crippen LogP contribution in [-0.4, -0.2) is 41.0 Å². The van der Waals surface area contributed by atoms with Crippen LogP contribution in [0, 0.1) is 0 Å². The summed E-state index contributed by atoms with van der Waals surface area (Å²) >= 11 is 0. The van der Waals surface area contributed by atoms with Crippen LogP contribution >= 0.6 is 0 Å². The molecule has 1 fully saturated rings. The first-order valence-electron chi connectivity index (χ1n) is 12.1. The Bertz CT molecular complexity index is 1220. The lowest BCUT2D eigenvalue weighted by Gasteiger charge is -2.24. The van der Waals surface area contributed by atoms with Gasteiger partial charge in [0.05, 0.1) is 17.8 Å². The molecule has 0 unspecified atom stereocenters.